The van der Waals surface area contributed by atoms with E-state index in [1.807, 2.05) is 0 Å². The third kappa shape index (κ3) is 4.98. The van der Waals surface area contributed by atoms with Crippen molar-refractivity contribution in [3.63, 3.8) is 0 Å². The van der Waals surface area contributed by atoms with Crippen molar-refractivity contribution < 1.29 is 33.1 Å². The van der Waals surface area contributed by atoms with Gasteiger partial charge in [-0.05, 0) is 45.0 Å². The molecule has 2 rings (SSSR count). The Bertz CT molecular complexity index is 915. The van der Waals surface area contributed by atoms with Gasteiger partial charge in [0, 0.05) is 5.02 Å². The van der Waals surface area contributed by atoms with Gasteiger partial charge in [-0.15, -0.1) is 0 Å². The minimum Gasteiger partial charge on any atom is -0.462 e. The van der Waals surface area contributed by atoms with Gasteiger partial charge in [0.15, 0.2) is 12.4 Å². The normalized spacial score (nSPS) is 10.3. The Morgan fingerprint density at radius 1 is 1.04 bits per heavy atom. The molecule has 1 heterocycles. The lowest BCUT2D eigenvalue weighted by Gasteiger charge is -2.07. The van der Waals surface area contributed by atoms with Gasteiger partial charge in [-0.1, -0.05) is 11.6 Å². The molecular weight excluding hydrogens is 390 g/mol. The van der Waals surface area contributed by atoms with Gasteiger partial charge in [-0.25, -0.2) is 9.59 Å². The smallest absolute Gasteiger partial charge is 0.344 e. The van der Waals surface area contributed by atoms with E-state index < -0.39 is 30.2 Å². The Morgan fingerprint density at radius 3 is 2.25 bits per heavy atom. The number of ketones is 1. The number of aryl methyl sites for hydroxylation is 1. The zero-order valence-electron chi connectivity index (χ0n) is 15.5. The fourth-order valence-corrected chi connectivity index (χ4v) is 2.54. The number of anilines is 1. The number of benzene rings is 1. The largest absolute Gasteiger partial charge is 0.462 e. The zero-order chi connectivity index (χ0) is 20.8. The van der Waals surface area contributed by atoms with E-state index in [1.54, 1.807) is 6.92 Å². The molecule has 1 aromatic heterocycles. The number of halogens is 1. The van der Waals surface area contributed by atoms with Crippen LogP contribution in [-0.4, -0.2) is 36.8 Å². The summed E-state index contributed by atoms with van der Waals surface area (Å²) in [6.45, 7) is 3.80. The third-order valence-electron chi connectivity index (χ3n) is 3.58. The Balaban J connectivity index is 2.11. The second-order valence-corrected chi connectivity index (χ2v) is 6.08. The average Bonchev–Trinajstić information content (AvgIpc) is 2.96. The maximum absolute atomic E-state index is 12.2. The molecular formula is C19H18ClNO7. The molecule has 0 aliphatic carbocycles. The van der Waals surface area contributed by atoms with E-state index in [4.69, 9.17) is 25.5 Å². The first-order chi connectivity index (χ1) is 13.2. The standard InChI is InChI=1S/C19H18ClNO7/c1-4-26-19(25)16-15(10(2)22)11(3)28-17(16)21-14(23)9-27-18(24)12-5-7-13(20)8-6-12/h5-8H,4,9H2,1-3H3,(H,21,23). The maximum Gasteiger partial charge on any atom is 0.344 e. The summed E-state index contributed by atoms with van der Waals surface area (Å²) in [4.78, 5) is 48.1. The number of rotatable bonds is 7. The Morgan fingerprint density at radius 2 is 1.68 bits per heavy atom. The molecule has 0 aliphatic heterocycles. The van der Waals surface area contributed by atoms with E-state index in [-0.39, 0.29) is 34.9 Å². The van der Waals surface area contributed by atoms with Crippen LogP contribution in [0.4, 0.5) is 5.88 Å². The van der Waals surface area contributed by atoms with Crippen LogP contribution in [0.25, 0.3) is 0 Å². The predicted molar refractivity (Wildman–Crippen MR) is 99.8 cm³/mol. The number of furan rings is 1. The Labute approximate surface area is 165 Å². The third-order valence-corrected chi connectivity index (χ3v) is 3.84. The van der Waals surface area contributed by atoms with Gasteiger partial charge in [-0.2, -0.15) is 0 Å². The van der Waals surface area contributed by atoms with Crippen molar-refractivity contribution >= 4 is 41.1 Å². The van der Waals surface area contributed by atoms with Gasteiger partial charge >= 0.3 is 11.9 Å². The first kappa shape index (κ1) is 21.2. The van der Waals surface area contributed by atoms with Crippen LogP contribution < -0.4 is 5.32 Å². The number of ether oxygens (including phenoxy) is 2. The van der Waals surface area contributed by atoms with Gasteiger partial charge in [0.1, 0.15) is 11.3 Å². The number of esters is 2. The zero-order valence-corrected chi connectivity index (χ0v) is 16.2. The van der Waals surface area contributed by atoms with Crippen molar-refractivity contribution in [2.75, 3.05) is 18.5 Å². The number of amides is 1. The number of hydrogen-bond donors (Lipinski definition) is 1. The van der Waals surface area contributed by atoms with Crippen LogP contribution >= 0.6 is 11.6 Å². The minimum absolute atomic E-state index is 0.0203. The lowest BCUT2D eigenvalue weighted by molar-refractivity contribution is -0.119. The van der Waals surface area contributed by atoms with Crippen molar-refractivity contribution in [1.82, 2.24) is 0 Å². The van der Waals surface area contributed by atoms with Crippen LogP contribution in [0.1, 0.15) is 50.7 Å². The summed E-state index contributed by atoms with van der Waals surface area (Å²) < 4.78 is 15.2. The fraction of sp³-hybridized carbons (Fsp3) is 0.263. The summed E-state index contributed by atoms with van der Waals surface area (Å²) in [5.74, 6) is -2.79. The van der Waals surface area contributed by atoms with Crippen LogP contribution in [0.5, 0.6) is 0 Å². The quantitative estimate of drug-likeness (QED) is 0.552. The molecule has 0 unspecified atom stereocenters. The molecule has 1 aromatic carbocycles. The van der Waals surface area contributed by atoms with E-state index in [0.29, 0.717) is 5.02 Å². The summed E-state index contributed by atoms with van der Waals surface area (Å²) in [5, 5.41) is 2.78. The van der Waals surface area contributed by atoms with Gasteiger partial charge in [0.2, 0.25) is 5.88 Å². The summed E-state index contributed by atoms with van der Waals surface area (Å²) in [6, 6.07) is 5.93. The SMILES string of the molecule is CCOC(=O)c1c(NC(=O)COC(=O)c2ccc(Cl)cc2)oc(C)c1C(C)=O. The summed E-state index contributed by atoms with van der Waals surface area (Å²) in [5.41, 5.74) is 0.0632. The number of Topliss-reactive ketones (excluding diaryl/α,β-unsaturated/α-hetero) is 1. The van der Waals surface area contributed by atoms with E-state index in [0.717, 1.165) is 0 Å². The lowest BCUT2D eigenvalue weighted by Crippen LogP contribution is -2.22. The van der Waals surface area contributed by atoms with Crippen LogP contribution in [0.15, 0.2) is 28.7 Å². The molecule has 28 heavy (non-hydrogen) atoms. The van der Waals surface area contributed by atoms with E-state index in [1.165, 1.54) is 38.1 Å². The monoisotopic (exact) mass is 407 g/mol. The average molecular weight is 408 g/mol. The van der Waals surface area contributed by atoms with Crippen LogP contribution in [0.2, 0.25) is 5.02 Å². The first-order valence-corrected chi connectivity index (χ1v) is 8.66. The molecule has 2 aromatic rings. The van der Waals surface area contributed by atoms with Crippen molar-refractivity contribution in [2.45, 2.75) is 20.8 Å². The second kappa shape index (κ2) is 9.18. The van der Waals surface area contributed by atoms with E-state index >= 15 is 0 Å². The van der Waals surface area contributed by atoms with Crippen LogP contribution in [0.3, 0.4) is 0 Å². The first-order valence-electron chi connectivity index (χ1n) is 8.28. The maximum atomic E-state index is 12.2. The molecule has 8 nitrogen and oxygen atoms in total. The molecule has 0 bridgehead atoms. The topological polar surface area (TPSA) is 112 Å². The molecule has 0 aliphatic rings. The Hall–Kier alpha value is -3.13. The minimum atomic E-state index is -0.807. The molecule has 0 saturated heterocycles. The highest BCUT2D eigenvalue weighted by Crippen LogP contribution is 2.28. The van der Waals surface area contributed by atoms with Gasteiger partial charge in [0.25, 0.3) is 5.91 Å². The number of hydrogen-bond acceptors (Lipinski definition) is 7. The van der Waals surface area contributed by atoms with Crippen LogP contribution in [0, 0.1) is 6.92 Å². The summed E-state index contributed by atoms with van der Waals surface area (Å²) >= 11 is 5.75. The molecule has 1 amide bonds. The summed E-state index contributed by atoms with van der Waals surface area (Å²) in [7, 11) is 0. The molecule has 148 valence electrons. The highest BCUT2D eigenvalue weighted by molar-refractivity contribution is 6.30. The molecule has 0 fully saturated rings. The van der Waals surface area contributed by atoms with Gasteiger partial charge < -0.3 is 13.9 Å². The fourth-order valence-electron chi connectivity index (χ4n) is 2.42. The van der Waals surface area contributed by atoms with Gasteiger partial charge in [0.05, 0.1) is 17.7 Å². The Kier molecular flexibility index (Phi) is 6.94. The molecule has 0 spiro atoms. The van der Waals surface area contributed by atoms with Crippen molar-refractivity contribution in [3.05, 3.63) is 51.7 Å². The molecule has 9 heteroatoms. The van der Waals surface area contributed by atoms with Crippen molar-refractivity contribution in [3.8, 4) is 0 Å². The van der Waals surface area contributed by atoms with E-state index in [2.05, 4.69) is 5.32 Å². The lowest BCUT2D eigenvalue weighted by atomic mass is 10.1. The van der Waals surface area contributed by atoms with Crippen molar-refractivity contribution in [1.29, 1.82) is 0 Å². The number of carbonyl (C=O) groups is 4. The van der Waals surface area contributed by atoms with Gasteiger partial charge in [-0.3, -0.25) is 14.9 Å². The number of carbonyl (C=O) groups excluding carboxylic acids is 4. The van der Waals surface area contributed by atoms with E-state index in [9.17, 15) is 19.2 Å². The summed E-state index contributed by atoms with van der Waals surface area (Å²) in [6.07, 6.45) is 0. The second-order valence-electron chi connectivity index (χ2n) is 5.65. The molecule has 0 atom stereocenters. The predicted octanol–water partition coefficient (Wildman–Crippen LogP) is 3.42. The number of nitrogens with one attached hydrogen (secondary N) is 1. The van der Waals surface area contributed by atoms with Crippen molar-refractivity contribution in [2.24, 2.45) is 0 Å². The molecule has 0 radical (unpaired) electrons. The highest BCUT2D eigenvalue weighted by atomic mass is 35.5. The molecule has 1 N–H and O–H groups in total. The molecule has 0 saturated carbocycles. The highest BCUT2D eigenvalue weighted by Gasteiger charge is 2.28. The van der Waals surface area contributed by atoms with Crippen LogP contribution in [-0.2, 0) is 14.3 Å².